The van der Waals surface area contributed by atoms with Gasteiger partial charge in [-0.15, -0.1) is 0 Å². The second-order valence-electron chi connectivity index (χ2n) is 3.96. The third kappa shape index (κ3) is 4.05. The topological polar surface area (TPSA) is 35.0 Å². The lowest BCUT2D eigenvalue weighted by Gasteiger charge is -2.05. The molecule has 0 saturated heterocycles. The Kier molecular flexibility index (Phi) is 4.99. The smallest absolute Gasteiger partial charge is 0.134 e. The van der Waals surface area contributed by atoms with Crippen molar-refractivity contribution in [3.8, 4) is 0 Å². The lowest BCUT2D eigenvalue weighted by Crippen LogP contribution is -2.02. The van der Waals surface area contributed by atoms with E-state index in [1.807, 2.05) is 6.07 Å². The summed E-state index contributed by atoms with van der Waals surface area (Å²) in [5.74, 6) is 0.623. The first kappa shape index (κ1) is 14.5. The van der Waals surface area contributed by atoms with Crippen LogP contribution in [0.2, 0.25) is 15.2 Å². The maximum absolute atomic E-state index is 5.97. The van der Waals surface area contributed by atoms with Crippen molar-refractivity contribution in [1.82, 2.24) is 9.97 Å². The summed E-state index contributed by atoms with van der Waals surface area (Å²) < 4.78 is 5.04. The fourth-order valence-corrected chi connectivity index (χ4v) is 2.19. The molecule has 0 N–H and O–H groups in total. The van der Waals surface area contributed by atoms with Crippen molar-refractivity contribution in [3.05, 3.63) is 56.5 Å². The minimum Gasteiger partial charge on any atom is -0.378 e. The van der Waals surface area contributed by atoms with Gasteiger partial charge in [-0.25, -0.2) is 9.97 Å². The Morgan fingerprint density at radius 2 is 1.84 bits per heavy atom. The maximum Gasteiger partial charge on any atom is 0.134 e. The number of methoxy groups -OCH3 is 1. The third-order valence-corrected chi connectivity index (χ3v) is 3.37. The molecule has 0 fully saturated rings. The Labute approximate surface area is 126 Å². The molecule has 0 saturated carbocycles. The average molecular weight is 318 g/mol. The molecule has 1 heterocycles. The maximum atomic E-state index is 5.97. The molecule has 2 aromatic rings. The van der Waals surface area contributed by atoms with Crippen LogP contribution in [0.25, 0.3) is 0 Å². The minimum absolute atomic E-state index is 0.399. The predicted octanol–water partition coefficient (Wildman–Crippen LogP) is 4.17. The summed E-state index contributed by atoms with van der Waals surface area (Å²) in [4.78, 5) is 8.56. The molecular formula is C13H11Cl3N2O. The molecule has 1 aromatic carbocycles. The van der Waals surface area contributed by atoms with E-state index in [1.165, 1.54) is 0 Å². The molecule has 0 radical (unpaired) electrons. The van der Waals surface area contributed by atoms with Crippen LogP contribution in [0.5, 0.6) is 0 Å². The van der Waals surface area contributed by atoms with Crippen LogP contribution < -0.4 is 0 Å². The molecule has 19 heavy (non-hydrogen) atoms. The molecular weight excluding hydrogens is 307 g/mol. The minimum atomic E-state index is 0.399. The summed E-state index contributed by atoms with van der Waals surface area (Å²) in [6.07, 6.45) is 0.536. The van der Waals surface area contributed by atoms with Crippen LogP contribution in [0.1, 0.15) is 17.1 Å². The number of rotatable bonds is 4. The van der Waals surface area contributed by atoms with Gasteiger partial charge in [0.05, 0.1) is 22.3 Å². The van der Waals surface area contributed by atoms with E-state index in [0.717, 1.165) is 11.3 Å². The van der Waals surface area contributed by atoms with Gasteiger partial charge in [-0.05, 0) is 23.8 Å². The van der Waals surface area contributed by atoms with Gasteiger partial charge in [0.1, 0.15) is 11.0 Å². The summed E-state index contributed by atoms with van der Waals surface area (Å²) >= 11 is 17.8. The van der Waals surface area contributed by atoms with Gasteiger partial charge in [0.2, 0.25) is 0 Å². The summed E-state index contributed by atoms with van der Waals surface area (Å²) in [5, 5.41) is 1.44. The molecule has 0 aliphatic rings. The summed E-state index contributed by atoms with van der Waals surface area (Å²) in [7, 11) is 1.61. The van der Waals surface area contributed by atoms with Crippen molar-refractivity contribution < 1.29 is 4.74 Å². The van der Waals surface area contributed by atoms with Crippen LogP contribution in [0.15, 0.2) is 24.3 Å². The fraction of sp³-hybridized carbons (Fsp3) is 0.231. The monoisotopic (exact) mass is 316 g/mol. The fourth-order valence-electron chi connectivity index (χ4n) is 1.65. The van der Waals surface area contributed by atoms with Gasteiger partial charge in [0, 0.05) is 13.5 Å². The quantitative estimate of drug-likeness (QED) is 0.794. The van der Waals surface area contributed by atoms with Gasteiger partial charge in [0.15, 0.2) is 0 Å². The van der Waals surface area contributed by atoms with Crippen molar-refractivity contribution >= 4 is 34.8 Å². The van der Waals surface area contributed by atoms with Crippen molar-refractivity contribution in [3.63, 3.8) is 0 Å². The Hall–Kier alpha value is -0.870. The van der Waals surface area contributed by atoms with Crippen LogP contribution >= 0.6 is 34.8 Å². The number of nitrogens with zero attached hydrogens (tertiary/aromatic N) is 2. The van der Waals surface area contributed by atoms with E-state index >= 15 is 0 Å². The van der Waals surface area contributed by atoms with E-state index in [9.17, 15) is 0 Å². The molecule has 2 rings (SSSR count). The van der Waals surface area contributed by atoms with Crippen molar-refractivity contribution in [1.29, 1.82) is 0 Å². The molecule has 0 aliphatic heterocycles. The lowest BCUT2D eigenvalue weighted by molar-refractivity contribution is 0.181. The van der Waals surface area contributed by atoms with Gasteiger partial charge < -0.3 is 4.74 Å². The molecule has 1 aromatic heterocycles. The highest BCUT2D eigenvalue weighted by molar-refractivity contribution is 6.42. The third-order valence-electron chi connectivity index (χ3n) is 2.43. The van der Waals surface area contributed by atoms with E-state index in [1.54, 1.807) is 25.3 Å². The van der Waals surface area contributed by atoms with E-state index in [-0.39, 0.29) is 0 Å². The van der Waals surface area contributed by atoms with Crippen molar-refractivity contribution in [2.45, 2.75) is 13.0 Å². The normalized spacial score (nSPS) is 10.7. The second-order valence-corrected chi connectivity index (χ2v) is 5.16. The molecule has 0 atom stereocenters. The first-order chi connectivity index (χ1) is 9.08. The van der Waals surface area contributed by atoms with Crippen molar-refractivity contribution in [2.24, 2.45) is 0 Å². The Morgan fingerprint density at radius 1 is 1.05 bits per heavy atom. The van der Waals surface area contributed by atoms with E-state index in [0.29, 0.717) is 34.1 Å². The summed E-state index contributed by atoms with van der Waals surface area (Å²) in [6, 6.07) is 7.11. The highest BCUT2D eigenvalue weighted by atomic mass is 35.5. The van der Waals surface area contributed by atoms with Crippen LogP contribution in [0.3, 0.4) is 0 Å². The molecule has 0 aliphatic carbocycles. The van der Waals surface area contributed by atoms with E-state index in [2.05, 4.69) is 9.97 Å². The molecule has 100 valence electrons. The number of benzene rings is 1. The molecule has 0 spiro atoms. The zero-order valence-corrected chi connectivity index (χ0v) is 12.4. The number of hydrogen-bond donors (Lipinski definition) is 0. The van der Waals surface area contributed by atoms with Gasteiger partial charge >= 0.3 is 0 Å². The SMILES string of the molecule is COCc1cc(Cl)nc(Cc2ccc(Cl)c(Cl)c2)n1. The Morgan fingerprint density at radius 3 is 2.53 bits per heavy atom. The first-order valence-corrected chi connectivity index (χ1v) is 6.67. The standard InChI is InChI=1S/C13H11Cl3N2O/c1-19-7-9-6-12(16)18-13(17-9)5-8-2-3-10(14)11(15)4-8/h2-4,6H,5,7H2,1H3. The number of hydrogen-bond acceptors (Lipinski definition) is 3. The predicted molar refractivity (Wildman–Crippen MR) is 77.0 cm³/mol. The van der Waals surface area contributed by atoms with Gasteiger partial charge in [-0.2, -0.15) is 0 Å². The highest BCUT2D eigenvalue weighted by Crippen LogP contribution is 2.23. The van der Waals surface area contributed by atoms with Crippen LogP contribution in [0.4, 0.5) is 0 Å². The largest absolute Gasteiger partial charge is 0.378 e. The molecule has 0 unspecified atom stereocenters. The van der Waals surface area contributed by atoms with Gasteiger partial charge in [0.25, 0.3) is 0 Å². The van der Waals surface area contributed by atoms with Crippen LogP contribution in [-0.4, -0.2) is 17.1 Å². The molecule has 6 heteroatoms. The Bertz CT molecular complexity index is 590. The lowest BCUT2D eigenvalue weighted by atomic mass is 10.1. The zero-order valence-electron chi connectivity index (χ0n) is 10.2. The number of halogens is 3. The molecule has 0 bridgehead atoms. The van der Waals surface area contributed by atoms with Gasteiger partial charge in [-0.1, -0.05) is 40.9 Å². The Balaban J connectivity index is 2.24. The average Bonchev–Trinajstić information content (AvgIpc) is 2.33. The number of aromatic nitrogens is 2. The first-order valence-electron chi connectivity index (χ1n) is 5.53. The summed E-state index contributed by atoms with van der Waals surface area (Å²) in [6.45, 7) is 0.399. The van der Waals surface area contributed by atoms with E-state index in [4.69, 9.17) is 39.5 Å². The number of ether oxygens (including phenoxy) is 1. The van der Waals surface area contributed by atoms with Gasteiger partial charge in [-0.3, -0.25) is 0 Å². The highest BCUT2D eigenvalue weighted by Gasteiger charge is 2.06. The van der Waals surface area contributed by atoms with Crippen LogP contribution in [0, 0.1) is 0 Å². The zero-order chi connectivity index (χ0) is 13.8. The second kappa shape index (κ2) is 6.53. The van der Waals surface area contributed by atoms with Crippen molar-refractivity contribution in [2.75, 3.05) is 7.11 Å². The summed E-state index contributed by atoms with van der Waals surface area (Å²) in [5.41, 5.74) is 1.72. The molecule has 0 amide bonds. The van der Waals surface area contributed by atoms with E-state index < -0.39 is 0 Å². The van der Waals surface area contributed by atoms with Crippen LogP contribution in [-0.2, 0) is 17.8 Å². The molecule has 3 nitrogen and oxygen atoms in total.